The van der Waals surface area contributed by atoms with Crippen LogP contribution in [0, 0.1) is 23.0 Å². The highest BCUT2D eigenvalue weighted by Gasteiger charge is 2.14. The molecular weight excluding hydrogens is 260 g/mol. The molecule has 1 atom stereocenters. The van der Waals surface area contributed by atoms with Gasteiger partial charge in [0, 0.05) is 30.8 Å². The number of nitro groups is 1. The summed E-state index contributed by atoms with van der Waals surface area (Å²) in [6.07, 6.45) is 1.52. The highest BCUT2D eigenvalue weighted by atomic mass is 16.6. The van der Waals surface area contributed by atoms with Gasteiger partial charge in [-0.1, -0.05) is 13.3 Å². The smallest absolute Gasteiger partial charge is 0.269 e. The van der Waals surface area contributed by atoms with E-state index in [4.69, 9.17) is 5.11 Å². The fraction of sp³-hybridized carbons (Fsp3) is 0.500. The molecule has 0 bridgehead atoms. The molecule has 2 N–H and O–H groups in total. The van der Waals surface area contributed by atoms with Gasteiger partial charge in [-0.05, 0) is 30.9 Å². The Morgan fingerprint density at radius 1 is 1.50 bits per heavy atom. The SMILES string of the molecule is CCC(CCO)CNC(=O)c1ccc([N+](=O)[O-])cc1C. The summed E-state index contributed by atoms with van der Waals surface area (Å²) in [5.41, 5.74) is 0.993. The number of amides is 1. The number of non-ortho nitro benzene ring substituents is 1. The van der Waals surface area contributed by atoms with Crippen LogP contribution in [-0.2, 0) is 0 Å². The zero-order valence-corrected chi connectivity index (χ0v) is 11.8. The molecule has 0 aliphatic carbocycles. The van der Waals surface area contributed by atoms with Crippen LogP contribution >= 0.6 is 0 Å². The minimum atomic E-state index is -0.483. The molecule has 1 aromatic carbocycles. The van der Waals surface area contributed by atoms with Gasteiger partial charge >= 0.3 is 0 Å². The summed E-state index contributed by atoms with van der Waals surface area (Å²) in [4.78, 5) is 22.2. The maximum absolute atomic E-state index is 12.0. The van der Waals surface area contributed by atoms with Crippen molar-refractivity contribution in [1.82, 2.24) is 5.32 Å². The lowest BCUT2D eigenvalue weighted by atomic mass is 10.0. The van der Waals surface area contributed by atoms with Gasteiger partial charge in [0.25, 0.3) is 11.6 Å². The number of aliphatic hydroxyl groups is 1. The minimum absolute atomic E-state index is 0.0224. The van der Waals surface area contributed by atoms with Gasteiger partial charge < -0.3 is 10.4 Å². The third-order valence-corrected chi connectivity index (χ3v) is 3.33. The van der Waals surface area contributed by atoms with Gasteiger partial charge in [0.2, 0.25) is 0 Å². The Morgan fingerprint density at radius 2 is 2.20 bits per heavy atom. The lowest BCUT2D eigenvalue weighted by Gasteiger charge is -2.14. The number of aryl methyl sites for hydroxylation is 1. The van der Waals surface area contributed by atoms with Crippen molar-refractivity contribution in [1.29, 1.82) is 0 Å². The van der Waals surface area contributed by atoms with E-state index in [-0.39, 0.29) is 24.1 Å². The van der Waals surface area contributed by atoms with E-state index in [1.807, 2.05) is 6.92 Å². The Bertz CT molecular complexity index is 488. The molecule has 0 spiro atoms. The summed E-state index contributed by atoms with van der Waals surface area (Å²) in [6.45, 7) is 4.27. The summed E-state index contributed by atoms with van der Waals surface area (Å²) < 4.78 is 0. The van der Waals surface area contributed by atoms with Gasteiger partial charge in [-0.15, -0.1) is 0 Å². The van der Waals surface area contributed by atoms with E-state index in [1.165, 1.54) is 18.2 Å². The average molecular weight is 280 g/mol. The zero-order chi connectivity index (χ0) is 15.1. The predicted molar refractivity (Wildman–Crippen MR) is 75.7 cm³/mol. The Labute approximate surface area is 118 Å². The van der Waals surface area contributed by atoms with Gasteiger partial charge in [-0.25, -0.2) is 0 Å². The van der Waals surface area contributed by atoms with E-state index < -0.39 is 4.92 Å². The molecule has 0 fully saturated rings. The second kappa shape index (κ2) is 7.59. The molecule has 0 aliphatic heterocycles. The van der Waals surface area contributed by atoms with Crippen molar-refractivity contribution in [2.75, 3.05) is 13.2 Å². The molecule has 0 aromatic heterocycles. The van der Waals surface area contributed by atoms with Crippen LogP contribution in [0.15, 0.2) is 18.2 Å². The maximum atomic E-state index is 12.0. The number of carbonyl (C=O) groups is 1. The molecule has 1 amide bonds. The number of carbonyl (C=O) groups excluding carboxylic acids is 1. The van der Waals surface area contributed by atoms with Crippen molar-refractivity contribution < 1.29 is 14.8 Å². The Hall–Kier alpha value is -1.95. The molecule has 1 rings (SSSR count). The van der Waals surface area contributed by atoms with Crippen molar-refractivity contribution in [2.45, 2.75) is 26.7 Å². The lowest BCUT2D eigenvalue weighted by molar-refractivity contribution is -0.384. The summed E-state index contributed by atoms with van der Waals surface area (Å²) >= 11 is 0. The summed E-state index contributed by atoms with van der Waals surface area (Å²) in [5.74, 6) is -0.00362. The Kier molecular flexibility index (Phi) is 6.11. The van der Waals surface area contributed by atoms with Crippen molar-refractivity contribution >= 4 is 11.6 Å². The lowest BCUT2D eigenvalue weighted by Crippen LogP contribution is -2.30. The summed E-state index contributed by atoms with van der Waals surface area (Å²) in [6, 6.07) is 4.18. The van der Waals surface area contributed by atoms with Crippen molar-refractivity contribution in [3.63, 3.8) is 0 Å². The number of rotatable bonds is 7. The molecule has 0 heterocycles. The first-order valence-corrected chi connectivity index (χ1v) is 6.63. The van der Waals surface area contributed by atoms with Crippen LogP contribution in [0.5, 0.6) is 0 Å². The molecule has 0 saturated carbocycles. The third-order valence-electron chi connectivity index (χ3n) is 3.33. The number of nitrogens with zero attached hydrogens (tertiary/aromatic N) is 1. The monoisotopic (exact) mass is 280 g/mol. The van der Waals surface area contributed by atoms with Gasteiger partial charge in [-0.2, -0.15) is 0 Å². The van der Waals surface area contributed by atoms with Crippen LogP contribution in [0.1, 0.15) is 35.7 Å². The van der Waals surface area contributed by atoms with Crippen LogP contribution in [0.3, 0.4) is 0 Å². The third kappa shape index (κ3) is 4.31. The van der Waals surface area contributed by atoms with Gasteiger partial charge in [0.15, 0.2) is 0 Å². The van der Waals surface area contributed by atoms with Crippen LogP contribution in [0.4, 0.5) is 5.69 Å². The molecule has 0 radical (unpaired) electrons. The number of benzene rings is 1. The molecule has 0 aliphatic rings. The molecule has 20 heavy (non-hydrogen) atoms. The van der Waals surface area contributed by atoms with Crippen molar-refractivity contribution in [3.05, 3.63) is 39.4 Å². The molecule has 1 aromatic rings. The van der Waals surface area contributed by atoms with Crippen molar-refractivity contribution in [2.24, 2.45) is 5.92 Å². The second-order valence-electron chi connectivity index (χ2n) is 4.75. The number of aliphatic hydroxyl groups excluding tert-OH is 1. The van der Waals surface area contributed by atoms with Gasteiger partial charge in [-0.3, -0.25) is 14.9 Å². The van der Waals surface area contributed by atoms with E-state index in [0.29, 0.717) is 24.1 Å². The number of hydrogen-bond acceptors (Lipinski definition) is 4. The Morgan fingerprint density at radius 3 is 2.70 bits per heavy atom. The van der Waals surface area contributed by atoms with E-state index in [9.17, 15) is 14.9 Å². The quantitative estimate of drug-likeness (QED) is 0.590. The molecule has 0 saturated heterocycles. The van der Waals surface area contributed by atoms with Gasteiger partial charge in [0.05, 0.1) is 4.92 Å². The molecule has 110 valence electrons. The molecule has 1 unspecified atom stereocenters. The fourth-order valence-electron chi connectivity index (χ4n) is 1.98. The number of hydrogen-bond donors (Lipinski definition) is 2. The van der Waals surface area contributed by atoms with Crippen LogP contribution in [0.2, 0.25) is 0 Å². The first-order valence-electron chi connectivity index (χ1n) is 6.63. The normalized spacial score (nSPS) is 11.9. The standard InChI is InChI=1S/C14H20N2O4/c1-3-11(6-7-17)9-15-14(18)13-5-4-12(16(19)20)8-10(13)2/h4-5,8,11,17H,3,6-7,9H2,1-2H3,(H,15,18). The van der Waals surface area contributed by atoms with Gasteiger partial charge in [0.1, 0.15) is 0 Å². The van der Waals surface area contributed by atoms with E-state index in [0.717, 1.165) is 6.42 Å². The van der Waals surface area contributed by atoms with E-state index >= 15 is 0 Å². The first-order chi connectivity index (χ1) is 9.49. The summed E-state index contributed by atoms with van der Waals surface area (Å²) in [5, 5.41) is 22.3. The molecule has 6 heteroatoms. The van der Waals surface area contributed by atoms with Crippen LogP contribution in [-0.4, -0.2) is 29.1 Å². The van der Waals surface area contributed by atoms with Crippen molar-refractivity contribution in [3.8, 4) is 0 Å². The predicted octanol–water partition coefficient (Wildman–Crippen LogP) is 2.04. The maximum Gasteiger partial charge on any atom is 0.269 e. The van der Waals surface area contributed by atoms with Crippen LogP contribution in [0.25, 0.3) is 0 Å². The minimum Gasteiger partial charge on any atom is -0.396 e. The second-order valence-corrected chi connectivity index (χ2v) is 4.75. The summed E-state index contributed by atoms with van der Waals surface area (Å²) in [7, 11) is 0. The molecule has 6 nitrogen and oxygen atoms in total. The Balaban J connectivity index is 2.70. The topological polar surface area (TPSA) is 92.5 Å². The first kappa shape index (κ1) is 16.1. The zero-order valence-electron chi connectivity index (χ0n) is 11.8. The number of nitro benzene ring substituents is 1. The molecular formula is C14H20N2O4. The highest BCUT2D eigenvalue weighted by Crippen LogP contribution is 2.17. The number of nitrogens with one attached hydrogen (secondary N) is 1. The fourth-order valence-corrected chi connectivity index (χ4v) is 1.98. The largest absolute Gasteiger partial charge is 0.396 e. The highest BCUT2D eigenvalue weighted by molar-refractivity contribution is 5.95. The van der Waals surface area contributed by atoms with Crippen LogP contribution < -0.4 is 5.32 Å². The van der Waals surface area contributed by atoms with E-state index in [2.05, 4.69) is 5.32 Å². The average Bonchev–Trinajstić information content (AvgIpc) is 2.42. The van der Waals surface area contributed by atoms with E-state index in [1.54, 1.807) is 6.92 Å².